The Morgan fingerprint density at radius 1 is 1.23 bits per heavy atom. The molecule has 5 N–H and O–H groups in total. The molecule has 30 heavy (non-hydrogen) atoms. The SMILES string of the molecule is CC(C)(C)C1CCc2nc3sc(C(=O)Nc4ccccc4C(N)=O)c(N)c3cc2C1. The molecule has 2 heterocycles. The summed E-state index contributed by atoms with van der Waals surface area (Å²) in [5.41, 5.74) is 15.4. The highest BCUT2D eigenvalue weighted by Crippen LogP contribution is 2.40. The maximum absolute atomic E-state index is 12.9. The van der Waals surface area contributed by atoms with Gasteiger partial charge in [-0.3, -0.25) is 9.59 Å². The molecule has 156 valence electrons. The molecule has 7 heteroatoms. The van der Waals surface area contributed by atoms with Crippen molar-refractivity contribution in [2.45, 2.75) is 40.0 Å². The van der Waals surface area contributed by atoms with Crippen molar-refractivity contribution in [3.8, 4) is 0 Å². The first kappa shape index (κ1) is 20.3. The maximum atomic E-state index is 12.9. The summed E-state index contributed by atoms with van der Waals surface area (Å²) in [5.74, 6) is -0.370. The van der Waals surface area contributed by atoms with Crippen LogP contribution in [0.3, 0.4) is 0 Å². The second kappa shape index (κ2) is 7.40. The van der Waals surface area contributed by atoms with E-state index < -0.39 is 5.91 Å². The topological polar surface area (TPSA) is 111 Å². The number of primary amides is 1. The van der Waals surface area contributed by atoms with Crippen LogP contribution >= 0.6 is 11.3 Å². The molecular formula is C23H26N4O2S. The van der Waals surface area contributed by atoms with E-state index >= 15 is 0 Å². The zero-order chi connectivity index (χ0) is 21.6. The van der Waals surface area contributed by atoms with Gasteiger partial charge in [0.2, 0.25) is 0 Å². The van der Waals surface area contributed by atoms with E-state index in [-0.39, 0.29) is 16.9 Å². The number of nitrogens with zero attached hydrogens (tertiary/aromatic N) is 1. The van der Waals surface area contributed by atoms with Crippen molar-refractivity contribution in [3.05, 3.63) is 52.0 Å². The van der Waals surface area contributed by atoms with E-state index in [9.17, 15) is 9.59 Å². The summed E-state index contributed by atoms with van der Waals surface area (Å²) in [7, 11) is 0. The van der Waals surface area contributed by atoms with Crippen molar-refractivity contribution in [3.63, 3.8) is 0 Å². The molecule has 0 fully saturated rings. The fourth-order valence-corrected chi connectivity index (χ4v) is 5.08. The van der Waals surface area contributed by atoms with E-state index in [1.54, 1.807) is 24.3 Å². The quantitative estimate of drug-likeness (QED) is 0.581. The van der Waals surface area contributed by atoms with Crippen LogP contribution in [-0.4, -0.2) is 16.8 Å². The van der Waals surface area contributed by atoms with E-state index in [0.717, 1.165) is 35.2 Å². The third-order valence-electron chi connectivity index (χ3n) is 5.96. The Morgan fingerprint density at radius 2 is 1.97 bits per heavy atom. The molecule has 2 aromatic heterocycles. The van der Waals surface area contributed by atoms with Gasteiger partial charge in [0.25, 0.3) is 11.8 Å². The fraction of sp³-hybridized carbons (Fsp3) is 0.348. The molecule has 1 aliphatic carbocycles. The number of nitrogen functional groups attached to an aromatic ring is 1. The van der Waals surface area contributed by atoms with Gasteiger partial charge in [0.15, 0.2) is 0 Å². The minimum atomic E-state index is -0.599. The van der Waals surface area contributed by atoms with Gasteiger partial charge in [-0.2, -0.15) is 0 Å². The molecule has 1 aliphatic rings. The van der Waals surface area contributed by atoms with Crippen molar-refractivity contribution in [2.24, 2.45) is 17.1 Å². The van der Waals surface area contributed by atoms with Gasteiger partial charge in [-0.15, -0.1) is 11.3 Å². The lowest BCUT2D eigenvalue weighted by Crippen LogP contribution is -2.27. The standard InChI is InChI=1S/C23H26N4O2S/c1-23(2,3)13-8-9-16-12(10-13)11-15-18(24)19(30-22(15)27-16)21(29)26-17-7-5-4-6-14(17)20(25)28/h4-7,11,13H,8-10,24H2,1-3H3,(H2,25,28)(H,26,29). The van der Waals surface area contributed by atoms with Crippen LogP contribution in [0.25, 0.3) is 10.2 Å². The number of benzene rings is 1. The van der Waals surface area contributed by atoms with Crippen molar-refractivity contribution in [1.82, 2.24) is 4.98 Å². The monoisotopic (exact) mass is 422 g/mol. The average Bonchev–Trinajstić information content (AvgIpc) is 3.01. The number of rotatable bonds is 3. The third-order valence-corrected chi connectivity index (χ3v) is 7.07. The summed E-state index contributed by atoms with van der Waals surface area (Å²) in [4.78, 5) is 30.6. The summed E-state index contributed by atoms with van der Waals surface area (Å²) in [6.07, 6.45) is 3.04. The van der Waals surface area contributed by atoms with Crippen LogP contribution in [0.2, 0.25) is 0 Å². The lowest BCUT2D eigenvalue weighted by atomic mass is 9.71. The Morgan fingerprint density at radius 3 is 2.67 bits per heavy atom. The molecule has 6 nitrogen and oxygen atoms in total. The lowest BCUT2D eigenvalue weighted by Gasteiger charge is -2.34. The van der Waals surface area contributed by atoms with Crippen LogP contribution in [0.4, 0.5) is 11.4 Å². The third kappa shape index (κ3) is 3.65. The Kier molecular flexibility index (Phi) is 5.02. The van der Waals surface area contributed by atoms with Gasteiger partial charge in [0.05, 0.1) is 16.9 Å². The molecular weight excluding hydrogens is 396 g/mol. The largest absolute Gasteiger partial charge is 0.397 e. The van der Waals surface area contributed by atoms with E-state index in [2.05, 4.69) is 32.2 Å². The number of hydrogen-bond donors (Lipinski definition) is 3. The molecule has 2 amide bonds. The summed E-state index contributed by atoms with van der Waals surface area (Å²) in [6, 6.07) is 8.76. The second-order valence-electron chi connectivity index (χ2n) is 8.96. The Bertz CT molecular complexity index is 1160. The van der Waals surface area contributed by atoms with Gasteiger partial charge in [-0.25, -0.2) is 4.98 Å². The minimum absolute atomic E-state index is 0.242. The van der Waals surface area contributed by atoms with E-state index in [4.69, 9.17) is 16.5 Å². The van der Waals surface area contributed by atoms with Crippen molar-refractivity contribution >= 4 is 44.7 Å². The molecule has 1 unspecified atom stereocenters. The highest BCUT2D eigenvalue weighted by molar-refractivity contribution is 7.21. The van der Waals surface area contributed by atoms with Crippen LogP contribution in [0.15, 0.2) is 30.3 Å². The Balaban J connectivity index is 1.68. The molecule has 0 bridgehead atoms. The van der Waals surface area contributed by atoms with Crippen LogP contribution in [0.5, 0.6) is 0 Å². The number of hydrogen-bond acceptors (Lipinski definition) is 5. The van der Waals surface area contributed by atoms with E-state index in [1.807, 2.05) is 0 Å². The number of amides is 2. The molecule has 1 aromatic carbocycles. The predicted octanol–water partition coefficient (Wildman–Crippen LogP) is 4.38. The minimum Gasteiger partial charge on any atom is -0.397 e. The molecule has 0 saturated heterocycles. The van der Waals surface area contributed by atoms with Gasteiger partial charge in [-0.05, 0) is 54.4 Å². The Labute approximate surface area is 179 Å². The second-order valence-corrected chi connectivity index (χ2v) is 9.96. The van der Waals surface area contributed by atoms with E-state index in [0.29, 0.717) is 22.2 Å². The summed E-state index contributed by atoms with van der Waals surface area (Å²) < 4.78 is 0. The molecule has 0 radical (unpaired) electrons. The zero-order valence-electron chi connectivity index (χ0n) is 17.4. The van der Waals surface area contributed by atoms with Gasteiger partial charge in [0, 0.05) is 11.1 Å². The lowest BCUT2D eigenvalue weighted by molar-refractivity contribution is 0.100. The first-order valence-electron chi connectivity index (χ1n) is 10.1. The van der Waals surface area contributed by atoms with Crippen LogP contribution < -0.4 is 16.8 Å². The highest BCUT2D eigenvalue weighted by Gasteiger charge is 2.30. The number of carbonyl (C=O) groups is 2. The highest BCUT2D eigenvalue weighted by atomic mass is 32.1. The molecule has 1 atom stereocenters. The van der Waals surface area contributed by atoms with Crippen molar-refractivity contribution in [2.75, 3.05) is 11.1 Å². The zero-order valence-corrected chi connectivity index (χ0v) is 18.2. The number of aryl methyl sites for hydroxylation is 1. The number of fused-ring (bicyclic) bond motifs is 2. The number of thiophene rings is 1. The van der Waals surface area contributed by atoms with Crippen LogP contribution in [0, 0.1) is 11.3 Å². The van der Waals surface area contributed by atoms with Crippen molar-refractivity contribution in [1.29, 1.82) is 0 Å². The number of aromatic nitrogens is 1. The predicted molar refractivity (Wildman–Crippen MR) is 122 cm³/mol. The molecule has 0 spiro atoms. The van der Waals surface area contributed by atoms with Gasteiger partial charge >= 0.3 is 0 Å². The van der Waals surface area contributed by atoms with Crippen LogP contribution in [-0.2, 0) is 12.8 Å². The van der Waals surface area contributed by atoms with Gasteiger partial charge < -0.3 is 16.8 Å². The van der Waals surface area contributed by atoms with E-state index in [1.165, 1.54) is 16.9 Å². The summed E-state index contributed by atoms with van der Waals surface area (Å²) in [6.45, 7) is 6.83. The van der Waals surface area contributed by atoms with Crippen LogP contribution in [0.1, 0.15) is 58.5 Å². The molecule has 4 rings (SSSR count). The summed E-state index contributed by atoms with van der Waals surface area (Å²) >= 11 is 1.28. The van der Waals surface area contributed by atoms with Gasteiger partial charge in [-0.1, -0.05) is 32.9 Å². The molecule has 0 aliphatic heterocycles. The number of nitrogens with two attached hydrogens (primary N) is 2. The number of para-hydroxylation sites is 1. The average molecular weight is 423 g/mol. The number of anilines is 2. The Hall–Kier alpha value is -2.93. The fourth-order valence-electron chi connectivity index (χ4n) is 4.08. The number of carbonyl (C=O) groups excluding carboxylic acids is 2. The first-order chi connectivity index (χ1) is 14.1. The number of nitrogens with one attached hydrogen (secondary N) is 1. The molecule has 0 saturated carbocycles. The maximum Gasteiger partial charge on any atom is 0.267 e. The summed E-state index contributed by atoms with van der Waals surface area (Å²) in [5, 5.41) is 3.59. The first-order valence-corrected chi connectivity index (χ1v) is 10.9. The van der Waals surface area contributed by atoms with Gasteiger partial charge in [0.1, 0.15) is 9.71 Å². The van der Waals surface area contributed by atoms with Crippen molar-refractivity contribution < 1.29 is 9.59 Å². The smallest absolute Gasteiger partial charge is 0.267 e. The molecule has 3 aromatic rings. The number of pyridine rings is 1. The normalized spacial score (nSPS) is 16.3.